The SMILES string of the molecule is CC(C)(C)OC(=O)n1ncc2c(Cl)c3cc(Cl)cc(F)c3nc21. The van der Waals surface area contributed by atoms with E-state index in [-0.39, 0.29) is 21.2 Å². The molecule has 0 saturated heterocycles. The lowest BCUT2D eigenvalue weighted by Crippen LogP contribution is -2.27. The van der Waals surface area contributed by atoms with Gasteiger partial charge in [-0.15, -0.1) is 4.68 Å². The van der Waals surface area contributed by atoms with Crippen molar-refractivity contribution in [3.63, 3.8) is 0 Å². The Morgan fingerprint density at radius 2 is 1.96 bits per heavy atom. The topological polar surface area (TPSA) is 57.0 Å². The second-order valence-electron chi connectivity index (χ2n) is 5.98. The van der Waals surface area contributed by atoms with Gasteiger partial charge in [-0.2, -0.15) is 5.10 Å². The van der Waals surface area contributed by atoms with Crippen molar-refractivity contribution in [3.05, 3.63) is 34.2 Å². The van der Waals surface area contributed by atoms with Gasteiger partial charge in [-0.25, -0.2) is 14.2 Å². The molecule has 0 unspecified atom stereocenters. The highest BCUT2D eigenvalue weighted by atomic mass is 35.5. The van der Waals surface area contributed by atoms with Crippen molar-refractivity contribution in [2.24, 2.45) is 0 Å². The average molecular weight is 356 g/mol. The summed E-state index contributed by atoms with van der Waals surface area (Å²) >= 11 is 12.2. The molecule has 0 aliphatic heterocycles. The molecule has 1 aromatic carbocycles. The molecule has 5 nitrogen and oxygen atoms in total. The summed E-state index contributed by atoms with van der Waals surface area (Å²) in [6.07, 6.45) is 0.664. The number of carbonyl (C=O) groups is 1. The van der Waals surface area contributed by atoms with Gasteiger partial charge < -0.3 is 4.74 Å². The Labute approximate surface area is 140 Å². The predicted octanol–water partition coefficient (Wildman–Crippen LogP) is 4.81. The fraction of sp³-hybridized carbons (Fsp3) is 0.267. The van der Waals surface area contributed by atoms with E-state index in [0.29, 0.717) is 10.8 Å². The van der Waals surface area contributed by atoms with E-state index >= 15 is 0 Å². The second kappa shape index (κ2) is 5.32. The zero-order chi connectivity index (χ0) is 16.9. The van der Waals surface area contributed by atoms with Gasteiger partial charge in [-0.1, -0.05) is 23.2 Å². The molecule has 2 heterocycles. The number of halogens is 3. The summed E-state index contributed by atoms with van der Waals surface area (Å²) in [6.45, 7) is 5.19. The molecule has 0 fully saturated rings. The maximum Gasteiger partial charge on any atom is 0.437 e. The van der Waals surface area contributed by atoms with Crippen molar-refractivity contribution in [3.8, 4) is 0 Å². The normalized spacial score (nSPS) is 12.1. The first-order valence-corrected chi connectivity index (χ1v) is 7.48. The Bertz CT molecular complexity index is 947. The second-order valence-corrected chi connectivity index (χ2v) is 6.80. The predicted molar refractivity (Wildman–Crippen MR) is 86.6 cm³/mol. The number of pyridine rings is 1. The van der Waals surface area contributed by atoms with Crippen molar-refractivity contribution in [1.29, 1.82) is 0 Å². The molecule has 0 amide bonds. The molecule has 120 valence electrons. The van der Waals surface area contributed by atoms with Gasteiger partial charge in [0.2, 0.25) is 0 Å². The first-order chi connectivity index (χ1) is 10.7. The summed E-state index contributed by atoms with van der Waals surface area (Å²) in [7, 11) is 0. The van der Waals surface area contributed by atoms with E-state index in [9.17, 15) is 9.18 Å². The van der Waals surface area contributed by atoms with Crippen LogP contribution in [0.1, 0.15) is 20.8 Å². The molecule has 0 aliphatic carbocycles. The molecule has 0 N–H and O–H groups in total. The van der Waals surface area contributed by atoms with E-state index in [2.05, 4.69) is 10.1 Å². The number of ether oxygens (including phenoxy) is 1. The Hall–Kier alpha value is -1.92. The smallest absolute Gasteiger partial charge is 0.437 e. The number of aromatic nitrogens is 3. The molecule has 0 bridgehead atoms. The van der Waals surface area contributed by atoms with Gasteiger partial charge in [0.25, 0.3) is 0 Å². The molecule has 0 radical (unpaired) electrons. The van der Waals surface area contributed by atoms with Gasteiger partial charge in [0.15, 0.2) is 11.5 Å². The summed E-state index contributed by atoms with van der Waals surface area (Å²) < 4.78 is 20.3. The van der Waals surface area contributed by atoms with Crippen molar-refractivity contribution >= 4 is 51.2 Å². The van der Waals surface area contributed by atoms with E-state index in [1.54, 1.807) is 20.8 Å². The van der Waals surface area contributed by atoms with Gasteiger partial charge in [0, 0.05) is 10.4 Å². The third kappa shape index (κ3) is 2.84. The minimum atomic E-state index is -0.718. The van der Waals surface area contributed by atoms with Crippen LogP contribution in [0.15, 0.2) is 18.3 Å². The molecular weight excluding hydrogens is 344 g/mol. The van der Waals surface area contributed by atoms with Gasteiger partial charge in [0.1, 0.15) is 11.1 Å². The highest BCUT2D eigenvalue weighted by molar-refractivity contribution is 6.41. The van der Waals surface area contributed by atoms with Crippen molar-refractivity contribution < 1.29 is 13.9 Å². The van der Waals surface area contributed by atoms with Crippen LogP contribution >= 0.6 is 23.2 Å². The van der Waals surface area contributed by atoms with Crippen molar-refractivity contribution in [1.82, 2.24) is 14.8 Å². The van der Waals surface area contributed by atoms with E-state index in [1.807, 2.05) is 0 Å². The average Bonchev–Trinajstić information content (AvgIpc) is 2.82. The van der Waals surface area contributed by atoms with Crippen LogP contribution in [0.25, 0.3) is 21.9 Å². The van der Waals surface area contributed by atoms with Crippen LogP contribution in [-0.4, -0.2) is 26.5 Å². The van der Waals surface area contributed by atoms with Crippen LogP contribution in [-0.2, 0) is 4.74 Å². The molecule has 3 aromatic rings. The lowest BCUT2D eigenvalue weighted by atomic mass is 10.2. The maximum absolute atomic E-state index is 14.1. The van der Waals surface area contributed by atoms with Gasteiger partial charge in [-0.3, -0.25) is 0 Å². The minimum Gasteiger partial charge on any atom is -0.442 e. The summed E-state index contributed by atoms with van der Waals surface area (Å²) in [5.41, 5.74) is -0.565. The molecule has 0 saturated carbocycles. The molecule has 23 heavy (non-hydrogen) atoms. The Morgan fingerprint density at radius 1 is 1.26 bits per heavy atom. The maximum atomic E-state index is 14.1. The molecule has 0 aliphatic rings. The van der Waals surface area contributed by atoms with E-state index in [0.717, 1.165) is 10.7 Å². The molecule has 3 rings (SSSR count). The van der Waals surface area contributed by atoms with Crippen molar-refractivity contribution in [2.45, 2.75) is 26.4 Å². The number of rotatable bonds is 0. The van der Waals surface area contributed by atoms with E-state index in [1.165, 1.54) is 12.3 Å². The van der Waals surface area contributed by atoms with Crippen LogP contribution in [0.4, 0.5) is 9.18 Å². The summed E-state index contributed by atoms with van der Waals surface area (Å²) in [5.74, 6) is -0.631. The third-order valence-electron chi connectivity index (χ3n) is 3.03. The van der Waals surface area contributed by atoms with Gasteiger partial charge in [0.05, 0.1) is 16.6 Å². The zero-order valence-corrected chi connectivity index (χ0v) is 14.0. The molecule has 8 heteroatoms. The zero-order valence-electron chi connectivity index (χ0n) is 12.5. The number of benzene rings is 1. The summed E-state index contributed by atoms with van der Waals surface area (Å²) in [5, 5.41) is 5.15. The van der Waals surface area contributed by atoms with Crippen LogP contribution in [0.2, 0.25) is 10.0 Å². The first kappa shape index (κ1) is 16.0. The Morgan fingerprint density at radius 3 is 2.61 bits per heavy atom. The lowest BCUT2D eigenvalue weighted by Gasteiger charge is -2.19. The Kier molecular flexibility index (Phi) is 3.69. The van der Waals surface area contributed by atoms with Crippen LogP contribution in [0, 0.1) is 5.82 Å². The highest BCUT2D eigenvalue weighted by Gasteiger charge is 2.23. The van der Waals surface area contributed by atoms with Crippen LogP contribution in [0.3, 0.4) is 0 Å². The largest absolute Gasteiger partial charge is 0.442 e. The molecule has 2 aromatic heterocycles. The highest BCUT2D eigenvalue weighted by Crippen LogP contribution is 2.33. The van der Waals surface area contributed by atoms with E-state index in [4.69, 9.17) is 27.9 Å². The van der Waals surface area contributed by atoms with Gasteiger partial charge >= 0.3 is 6.09 Å². The Balaban J connectivity index is 2.26. The number of fused-ring (bicyclic) bond motifs is 2. The lowest BCUT2D eigenvalue weighted by molar-refractivity contribution is 0.0522. The summed E-state index contributed by atoms with van der Waals surface area (Å²) in [6, 6.07) is 2.65. The monoisotopic (exact) mass is 355 g/mol. The minimum absolute atomic E-state index is 0.0113. The van der Waals surface area contributed by atoms with Crippen molar-refractivity contribution in [2.75, 3.05) is 0 Å². The van der Waals surface area contributed by atoms with Gasteiger partial charge in [-0.05, 0) is 32.9 Å². The number of hydrogen-bond donors (Lipinski definition) is 0. The van der Waals surface area contributed by atoms with Crippen LogP contribution < -0.4 is 0 Å². The standard InChI is InChI=1S/C15H12Cl2FN3O2/c1-15(2,3)23-14(22)21-13-9(6-19-21)11(17)8-4-7(16)5-10(18)12(8)20-13/h4-6H,1-3H3. The van der Waals surface area contributed by atoms with E-state index < -0.39 is 17.5 Å². The molecule has 0 atom stereocenters. The molecular formula is C15H12Cl2FN3O2. The number of nitrogens with zero attached hydrogens (tertiary/aromatic N) is 3. The summed E-state index contributed by atoms with van der Waals surface area (Å²) in [4.78, 5) is 16.4. The third-order valence-corrected chi connectivity index (χ3v) is 3.65. The number of carbonyl (C=O) groups excluding carboxylic acids is 1. The quantitative estimate of drug-likeness (QED) is 0.580. The number of hydrogen-bond acceptors (Lipinski definition) is 4. The first-order valence-electron chi connectivity index (χ1n) is 6.73. The van der Waals surface area contributed by atoms with Crippen LogP contribution in [0.5, 0.6) is 0 Å². The fourth-order valence-corrected chi connectivity index (χ4v) is 2.62. The fourth-order valence-electron chi connectivity index (χ4n) is 2.14. The molecule has 0 spiro atoms.